The Bertz CT molecular complexity index is 434. The lowest BCUT2D eigenvalue weighted by molar-refractivity contribution is -0.130. The average molecular weight is 280 g/mol. The van der Waals surface area contributed by atoms with Crippen molar-refractivity contribution < 1.29 is 19.7 Å². The van der Waals surface area contributed by atoms with Crippen LogP contribution in [0.1, 0.15) is 26.7 Å². The first-order valence-electron chi connectivity index (χ1n) is 6.76. The zero-order chi connectivity index (χ0) is 15.3. The van der Waals surface area contributed by atoms with Gasteiger partial charge in [0.15, 0.2) is 5.78 Å². The highest BCUT2D eigenvalue weighted by Gasteiger charge is 2.29. The second kappa shape index (κ2) is 7.53. The topological polar surface area (TPSA) is 66.8 Å². The summed E-state index contributed by atoms with van der Waals surface area (Å²) in [6.45, 7) is 7.28. The molecule has 0 heterocycles. The van der Waals surface area contributed by atoms with Crippen LogP contribution in [0.25, 0.3) is 0 Å². The molecule has 1 aliphatic rings. The molecule has 0 amide bonds. The van der Waals surface area contributed by atoms with E-state index in [1.54, 1.807) is 13.2 Å². The van der Waals surface area contributed by atoms with Crippen LogP contribution in [0.5, 0.6) is 0 Å². The number of hydrogen-bond donors (Lipinski definition) is 2. The number of Topliss-reactive ketones (excluding diaryl/α,β-unsaturated/α-hetero) is 1. The lowest BCUT2D eigenvalue weighted by Crippen LogP contribution is -2.30. The van der Waals surface area contributed by atoms with Gasteiger partial charge in [0, 0.05) is 19.4 Å². The Hall–Kier alpha value is -1.23. The monoisotopic (exact) mass is 280 g/mol. The first-order valence-corrected chi connectivity index (χ1v) is 6.76. The van der Waals surface area contributed by atoms with Crippen LogP contribution in [-0.2, 0) is 9.53 Å². The molecule has 20 heavy (non-hydrogen) atoms. The van der Waals surface area contributed by atoms with Crippen LogP contribution in [0.3, 0.4) is 0 Å². The molecule has 0 radical (unpaired) electrons. The lowest BCUT2D eigenvalue weighted by atomic mass is 9.85. The summed E-state index contributed by atoms with van der Waals surface area (Å²) in [7, 11) is 1.57. The van der Waals surface area contributed by atoms with Gasteiger partial charge in [-0.1, -0.05) is 17.2 Å². The number of carbonyl (C=O) groups excluding carboxylic acids is 1. The third kappa shape index (κ3) is 4.40. The number of carbonyl (C=O) groups is 1. The second-order valence-electron chi connectivity index (χ2n) is 5.45. The van der Waals surface area contributed by atoms with Crippen LogP contribution in [0.2, 0.25) is 0 Å². The van der Waals surface area contributed by atoms with Crippen molar-refractivity contribution in [3.05, 3.63) is 35.5 Å². The first kappa shape index (κ1) is 16.8. The van der Waals surface area contributed by atoms with E-state index in [1.165, 1.54) is 0 Å². The maximum atomic E-state index is 12.4. The van der Waals surface area contributed by atoms with E-state index in [1.807, 2.05) is 19.9 Å². The van der Waals surface area contributed by atoms with Crippen LogP contribution in [0, 0.1) is 5.92 Å². The van der Waals surface area contributed by atoms with Gasteiger partial charge < -0.3 is 14.9 Å². The van der Waals surface area contributed by atoms with E-state index in [0.717, 1.165) is 11.1 Å². The quantitative estimate of drug-likeness (QED) is 0.770. The molecule has 112 valence electrons. The number of hydrogen-bond acceptors (Lipinski definition) is 4. The molecular formula is C16H24O4. The van der Waals surface area contributed by atoms with Crippen molar-refractivity contribution in [2.24, 2.45) is 5.92 Å². The average Bonchev–Trinajstić information content (AvgIpc) is 2.42. The molecule has 0 bridgehead atoms. The number of rotatable bonds is 4. The van der Waals surface area contributed by atoms with Gasteiger partial charge in [0.1, 0.15) is 6.10 Å². The molecule has 0 aromatic heterocycles. The van der Waals surface area contributed by atoms with Gasteiger partial charge in [-0.2, -0.15) is 0 Å². The van der Waals surface area contributed by atoms with Gasteiger partial charge >= 0.3 is 0 Å². The number of methoxy groups -OCH3 is 1. The van der Waals surface area contributed by atoms with Crippen LogP contribution < -0.4 is 0 Å². The molecular weight excluding hydrogens is 256 g/mol. The van der Waals surface area contributed by atoms with Crippen molar-refractivity contribution in [2.45, 2.75) is 38.9 Å². The molecule has 2 N–H and O–H groups in total. The standard InChI is InChI=1S/C16H24O4/c1-10(2)5-14-12(9-17)8-13(20-4)6-11(3)7-15(18)16(14)19/h6,8,13-15,17-18H,1,5,7,9H2,2-4H3/b11-6-,12-8-/t13-,14-,15-/m1/s1. The third-order valence-corrected chi connectivity index (χ3v) is 3.47. The summed E-state index contributed by atoms with van der Waals surface area (Å²) in [5, 5.41) is 19.6. The van der Waals surface area contributed by atoms with Crippen LogP contribution >= 0.6 is 0 Å². The Balaban J connectivity index is 3.22. The summed E-state index contributed by atoms with van der Waals surface area (Å²) in [5.74, 6) is -0.803. The van der Waals surface area contributed by atoms with Gasteiger partial charge in [0.25, 0.3) is 0 Å². The Morgan fingerprint density at radius 1 is 1.50 bits per heavy atom. The van der Waals surface area contributed by atoms with Crippen molar-refractivity contribution in [3.63, 3.8) is 0 Å². The van der Waals surface area contributed by atoms with Gasteiger partial charge in [0.2, 0.25) is 0 Å². The molecule has 1 rings (SSSR count). The van der Waals surface area contributed by atoms with E-state index >= 15 is 0 Å². The van der Waals surface area contributed by atoms with Crippen LogP contribution in [0.4, 0.5) is 0 Å². The molecule has 4 nitrogen and oxygen atoms in total. The van der Waals surface area contributed by atoms with E-state index in [4.69, 9.17) is 4.74 Å². The lowest BCUT2D eigenvalue weighted by Gasteiger charge is -2.21. The number of ketones is 1. The minimum atomic E-state index is -1.05. The predicted octanol–water partition coefficient (Wildman–Crippen LogP) is 1.78. The largest absolute Gasteiger partial charge is 0.392 e. The summed E-state index contributed by atoms with van der Waals surface area (Å²) in [6, 6.07) is 0. The summed E-state index contributed by atoms with van der Waals surface area (Å²) in [5.41, 5.74) is 2.31. The fourth-order valence-electron chi connectivity index (χ4n) is 2.42. The molecule has 0 aromatic carbocycles. The SMILES string of the molecule is C=C(C)C[C@H]1C(=O)[C@H](O)C/C(C)=C\[C@@H](OC)/C=C\1CO. The maximum absolute atomic E-state index is 12.4. The Kier molecular flexibility index (Phi) is 6.33. The van der Waals surface area contributed by atoms with Crippen molar-refractivity contribution in [3.8, 4) is 0 Å². The van der Waals surface area contributed by atoms with Gasteiger partial charge in [0.05, 0.1) is 12.7 Å². The summed E-state index contributed by atoms with van der Waals surface area (Å²) in [6.07, 6.45) is 2.97. The van der Waals surface area contributed by atoms with Crippen molar-refractivity contribution >= 4 is 5.78 Å². The van der Waals surface area contributed by atoms with Gasteiger partial charge in [-0.25, -0.2) is 0 Å². The van der Waals surface area contributed by atoms with Crippen molar-refractivity contribution in [2.75, 3.05) is 13.7 Å². The number of aliphatic hydroxyl groups excluding tert-OH is 2. The molecule has 4 heteroatoms. The third-order valence-electron chi connectivity index (χ3n) is 3.47. The minimum absolute atomic E-state index is 0.233. The molecule has 0 aromatic rings. The van der Waals surface area contributed by atoms with E-state index in [0.29, 0.717) is 12.0 Å². The molecule has 0 spiro atoms. The van der Waals surface area contributed by atoms with Crippen LogP contribution in [-0.4, -0.2) is 41.9 Å². The highest BCUT2D eigenvalue weighted by atomic mass is 16.5. The van der Waals surface area contributed by atoms with Gasteiger partial charge in [-0.05, 0) is 31.9 Å². The minimum Gasteiger partial charge on any atom is -0.392 e. The Labute approximate surface area is 120 Å². The molecule has 3 atom stereocenters. The van der Waals surface area contributed by atoms with E-state index in [9.17, 15) is 15.0 Å². The normalized spacial score (nSPS) is 33.2. The Morgan fingerprint density at radius 3 is 2.65 bits per heavy atom. The Morgan fingerprint density at radius 2 is 2.15 bits per heavy atom. The fraction of sp³-hybridized carbons (Fsp3) is 0.562. The van der Waals surface area contributed by atoms with Crippen molar-refractivity contribution in [1.29, 1.82) is 0 Å². The maximum Gasteiger partial charge on any atom is 0.169 e. The predicted molar refractivity (Wildman–Crippen MR) is 78.3 cm³/mol. The second-order valence-corrected chi connectivity index (χ2v) is 5.45. The zero-order valence-electron chi connectivity index (χ0n) is 12.4. The molecule has 0 unspecified atom stereocenters. The summed E-state index contributed by atoms with van der Waals surface area (Å²) >= 11 is 0. The van der Waals surface area contributed by atoms with Crippen molar-refractivity contribution in [1.82, 2.24) is 0 Å². The summed E-state index contributed by atoms with van der Waals surface area (Å²) in [4.78, 5) is 12.4. The highest BCUT2D eigenvalue weighted by Crippen LogP contribution is 2.26. The fourth-order valence-corrected chi connectivity index (χ4v) is 2.42. The smallest absolute Gasteiger partial charge is 0.169 e. The van der Waals surface area contributed by atoms with E-state index < -0.39 is 12.0 Å². The molecule has 0 saturated carbocycles. The van der Waals surface area contributed by atoms with Gasteiger partial charge in [-0.3, -0.25) is 4.79 Å². The zero-order valence-corrected chi connectivity index (χ0v) is 12.4. The highest BCUT2D eigenvalue weighted by molar-refractivity contribution is 5.88. The van der Waals surface area contributed by atoms with Gasteiger partial charge in [-0.15, -0.1) is 6.58 Å². The molecule has 0 aliphatic heterocycles. The molecule has 0 saturated heterocycles. The number of aliphatic hydroxyl groups is 2. The molecule has 0 fully saturated rings. The number of ether oxygens (including phenoxy) is 1. The van der Waals surface area contributed by atoms with Crippen LogP contribution in [0.15, 0.2) is 35.5 Å². The van der Waals surface area contributed by atoms with E-state index in [-0.39, 0.29) is 24.9 Å². The number of allylic oxidation sites excluding steroid dienone is 1. The summed E-state index contributed by atoms with van der Waals surface area (Å²) < 4.78 is 5.33. The first-order chi connectivity index (χ1) is 9.38. The molecule has 1 aliphatic carbocycles. The van der Waals surface area contributed by atoms with E-state index in [2.05, 4.69) is 6.58 Å².